The number of aromatic nitrogens is 1. The first-order chi connectivity index (χ1) is 11.6. The Kier molecular flexibility index (Phi) is 5.84. The molecule has 132 valence electrons. The molecule has 7 heteroatoms. The first-order valence-corrected chi connectivity index (χ1v) is 9.69. The second kappa shape index (κ2) is 8.07. The number of amides is 2. The lowest BCUT2D eigenvalue weighted by atomic mass is 10.1. The number of rotatable bonds is 4. The second-order valence-electron chi connectivity index (χ2n) is 6.63. The Bertz CT molecular complexity index is 575. The summed E-state index contributed by atoms with van der Waals surface area (Å²) in [6, 6.07) is 0. The average molecular weight is 350 g/mol. The van der Waals surface area contributed by atoms with E-state index in [1.165, 1.54) is 6.42 Å². The molecular formula is C17H26N4O2S. The Morgan fingerprint density at radius 1 is 1.00 bits per heavy atom. The van der Waals surface area contributed by atoms with Crippen LogP contribution in [0.15, 0.2) is 5.38 Å². The maximum Gasteiger partial charge on any atom is 0.236 e. The van der Waals surface area contributed by atoms with Gasteiger partial charge in [-0.15, -0.1) is 11.3 Å². The van der Waals surface area contributed by atoms with Crippen LogP contribution in [0.2, 0.25) is 0 Å². The third-order valence-electron chi connectivity index (χ3n) is 4.79. The van der Waals surface area contributed by atoms with Gasteiger partial charge in [-0.3, -0.25) is 14.5 Å². The fourth-order valence-corrected chi connectivity index (χ4v) is 3.96. The smallest absolute Gasteiger partial charge is 0.236 e. The monoisotopic (exact) mass is 350 g/mol. The highest BCUT2D eigenvalue weighted by atomic mass is 32.1. The van der Waals surface area contributed by atoms with E-state index >= 15 is 0 Å². The first kappa shape index (κ1) is 17.4. The number of piperazine rings is 1. The minimum absolute atomic E-state index is 0.141. The van der Waals surface area contributed by atoms with Crippen LogP contribution < -0.4 is 0 Å². The van der Waals surface area contributed by atoms with E-state index in [-0.39, 0.29) is 11.8 Å². The molecule has 3 rings (SSSR count). The molecule has 3 heterocycles. The highest BCUT2D eigenvalue weighted by Crippen LogP contribution is 2.12. The number of carbonyl (C=O) groups excluding carboxylic acids is 2. The number of likely N-dealkylation sites (tertiary alicyclic amines) is 1. The number of aryl methyl sites for hydroxylation is 1. The number of hydrogen-bond donors (Lipinski definition) is 0. The highest BCUT2D eigenvalue weighted by Gasteiger charge is 2.25. The maximum atomic E-state index is 12.3. The van der Waals surface area contributed by atoms with E-state index in [2.05, 4.69) is 9.88 Å². The van der Waals surface area contributed by atoms with Gasteiger partial charge in [0, 0.05) is 44.6 Å². The van der Waals surface area contributed by atoms with E-state index in [0.717, 1.165) is 49.7 Å². The van der Waals surface area contributed by atoms with Crippen molar-refractivity contribution in [1.82, 2.24) is 19.7 Å². The zero-order valence-electron chi connectivity index (χ0n) is 14.4. The second-order valence-corrected chi connectivity index (χ2v) is 7.70. The predicted octanol–water partition coefficient (Wildman–Crippen LogP) is 1.15. The van der Waals surface area contributed by atoms with Crippen molar-refractivity contribution in [3.05, 3.63) is 16.1 Å². The lowest BCUT2D eigenvalue weighted by Crippen LogP contribution is -2.52. The van der Waals surface area contributed by atoms with Crippen molar-refractivity contribution in [2.75, 3.05) is 45.8 Å². The van der Waals surface area contributed by atoms with Crippen LogP contribution in [-0.4, -0.2) is 77.3 Å². The standard InChI is InChI=1S/C17H26N4O2S/c1-14-18-15(13-24-14)11-16(22)21-9-7-19(8-10-21)12-17(23)20-5-3-2-4-6-20/h13H,2-12H2,1H3. The number of nitrogens with zero attached hydrogens (tertiary/aromatic N) is 4. The molecule has 0 unspecified atom stereocenters. The molecule has 2 saturated heterocycles. The summed E-state index contributed by atoms with van der Waals surface area (Å²) in [6.45, 7) is 7.23. The van der Waals surface area contributed by atoms with Crippen LogP contribution in [0.4, 0.5) is 0 Å². The van der Waals surface area contributed by atoms with Gasteiger partial charge in [-0.25, -0.2) is 4.98 Å². The number of carbonyl (C=O) groups is 2. The highest BCUT2D eigenvalue weighted by molar-refractivity contribution is 7.09. The van der Waals surface area contributed by atoms with Crippen LogP contribution in [-0.2, 0) is 16.0 Å². The van der Waals surface area contributed by atoms with Gasteiger partial charge < -0.3 is 9.80 Å². The van der Waals surface area contributed by atoms with Crippen molar-refractivity contribution in [2.45, 2.75) is 32.6 Å². The van der Waals surface area contributed by atoms with Crippen LogP contribution in [0.25, 0.3) is 0 Å². The van der Waals surface area contributed by atoms with Crippen molar-refractivity contribution in [3.8, 4) is 0 Å². The summed E-state index contributed by atoms with van der Waals surface area (Å²) in [4.78, 5) is 35.1. The van der Waals surface area contributed by atoms with E-state index < -0.39 is 0 Å². The van der Waals surface area contributed by atoms with Crippen LogP contribution in [0.3, 0.4) is 0 Å². The van der Waals surface area contributed by atoms with E-state index in [0.29, 0.717) is 26.1 Å². The van der Waals surface area contributed by atoms with E-state index in [1.807, 2.05) is 22.1 Å². The summed E-state index contributed by atoms with van der Waals surface area (Å²) in [5, 5.41) is 2.96. The fourth-order valence-electron chi connectivity index (χ4n) is 3.35. The normalized spacial score (nSPS) is 19.5. The fraction of sp³-hybridized carbons (Fsp3) is 0.706. The largest absolute Gasteiger partial charge is 0.342 e. The van der Waals surface area contributed by atoms with Gasteiger partial charge in [-0.05, 0) is 26.2 Å². The Balaban J connectivity index is 1.41. The van der Waals surface area contributed by atoms with Gasteiger partial charge in [-0.1, -0.05) is 0 Å². The molecular weight excluding hydrogens is 324 g/mol. The molecule has 1 aromatic rings. The molecule has 1 aromatic heterocycles. The molecule has 0 aliphatic carbocycles. The molecule has 0 radical (unpaired) electrons. The third kappa shape index (κ3) is 4.54. The molecule has 2 amide bonds. The third-order valence-corrected chi connectivity index (χ3v) is 5.61. The molecule has 0 aromatic carbocycles. The molecule has 0 atom stereocenters. The van der Waals surface area contributed by atoms with Crippen molar-refractivity contribution in [1.29, 1.82) is 0 Å². The Morgan fingerprint density at radius 2 is 1.67 bits per heavy atom. The SMILES string of the molecule is Cc1nc(CC(=O)N2CCN(CC(=O)N3CCCCC3)CC2)cs1. The van der Waals surface area contributed by atoms with Gasteiger partial charge in [0.05, 0.1) is 23.7 Å². The minimum atomic E-state index is 0.141. The average Bonchev–Trinajstić information content (AvgIpc) is 3.01. The summed E-state index contributed by atoms with van der Waals surface area (Å²) in [5.74, 6) is 0.384. The lowest BCUT2D eigenvalue weighted by molar-refractivity contribution is -0.135. The van der Waals surface area contributed by atoms with Crippen LogP contribution in [0.5, 0.6) is 0 Å². The van der Waals surface area contributed by atoms with Crippen LogP contribution in [0, 0.1) is 6.92 Å². The topological polar surface area (TPSA) is 56.8 Å². The van der Waals surface area contributed by atoms with Crippen LogP contribution in [0.1, 0.15) is 30.0 Å². The molecule has 2 aliphatic heterocycles. The minimum Gasteiger partial charge on any atom is -0.342 e. The molecule has 24 heavy (non-hydrogen) atoms. The number of piperidine rings is 1. The maximum absolute atomic E-state index is 12.3. The zero-order chi connectivity index (χ0) is 16.9. The van der Waals surface area contributed by atoms with Gasteiger partial charge in [0.15, 0.2) is 0 Å². The van der Waals surface area contributed by atoms with Crippen molar-refractivity contribution in [3.63, 3.8) is 0 Å². The molecule has 0 saturated carbocycles. The number of thiazole rings is 1. The lowest BCUT2D eigenvalue weighted by Gasteiger charge is -2.36. The summed E-state index contributed by atoms with van der Waals surface area (Å²) in [5.41, 5.74) is 0.866. The van der Waals surface area contributed by atoms with Gasteiger partial charge in [-0.2, -0.15) is 0 Å². The predicted molar refractivity (Wildman–Crippen MR) is 94.0 cm³/mol. The molecule has 0 spiro atoms. The Labute approximate surface area is 147 Å². The Morgan fingerprint density at radius 3 is 2.29 bits per heavy atom. The van der Waals surface area contributed by atoms with Gasteiger partial charge in [0.2, 0.25) is 11.8 Å². The molecule has 2 fully saturated rings. The summed E-state index contributed by atoms with van der Waals surface area (Å²) in [6.07, 6.45) is 3.88. The molecule has 6 nitrogen and oxygen atoms in total. The molecule has 0 N–H and O–H groups in total. The van der Waals surface area contributed by atoms with Crippen LogP contribution >= 0.6 is 11.3 Å². The number of hydrogen-bond acceptors (Lipinski definition) is 5. The van der Waals surface area contributed by atoms with Gasteiger partial charge in [0.25, 0.3) is 0 Å². The summed E-state index contributed by atoms with van der Waals surface area (Å²) in [7, 11) is 0. The van der Waals surface area contributed by atoms with E-state index in [9.17, 15) is 9.59 Å². The quantitative estimate of drug-likeness (QED) is 0.817. The summed E-state index contributed by atoms with van der Waals surface area (Å²) < 4.78 is 0. The zero-order valence-corrected chi connectivity index (χ0v) is 15.2. The van der Waals surface area contributed by atoms with E-state index in [1.54, 1.807) is 11.3 Å². The van der Waals surface area contributed by atoms with Gasteiger partial charge >= 0.3 is 0 Å². The molecule has 2 aliphatic rings. The van der Waals surface area contributed by atoms with Crippen molar-refractivity contribution < 1.29 is 9.59 Å². The first-order valence-electron chi connectivity index (χ1n) is 8.81. The van der Waals surface area contributed by atoms with Crippen molar-refractivity contribution in [2.24, 2.45) is 0 Å². The molecule has 0 bridgehead atoms. The summed E-state index contributed by atoms with van der Waals surface area (Å²) >= 11 is 1.58. The Hall–Kier alpha value is -1.47. The van der Waals surface area contributed by atoms with E-state index in [4.69, 9.17) is 0 Å². The van der Waals surface area contributed by atoms with Gasteiger partial charge in [0.1, 0.15) is 0 Å². The van der Waals surface area contributed by atoms with Crippen molar-refractivity contribution >= 4 is 23.2 Å².